The second-order valence-electron chi connectivity index (χ2n) is 12.1. The average molecular weight is 627 g/mol. The van der Waals surface area contributed by atoms with Gasteiger partial charge in [0.25, 0.3) is 0 Å². The number of nitrogens with one attached hydrogen (secondary N) is 1. The normalized spacial score (nSPS) is 19.2. The lowest BCUT2D eigenvalue weighted by Crippen LogP contribution is -2.58. The van der Waals surface area contributed by atoms with Crippen LogP contribution in [-0.4, -0.2) is 90.7 Å². The van der Waals surface area contributed by atoms with Gasteiger partial charge in [-0.05, 0) is 83.6 Å². The monoisotopic (exact) mass is 626 g/mol. The van der Waals surface area contributed by atoms with Crippen molar-refractivity contribution >= 4 is 23.4 Å². The van der Waals surface area contributed by atoms with Gasteiger partial charge in [-0.15, -0.1) is 0 Å². The Morgan fingerprint density at radius 2 is 1.89 bits per heavy atom. The molecule has 2 saturated heterocycles. The summed E-state index contributed by atoms with van der Waals surface area (Å²) in [6.45, 7) is 12.6. The molecule has 2 fully saturated rings. The molecule has 0 unspecified atom stereocenters. The van der Waals surface area contributed by atoms with Crippen LogP contribution in [0.1, 0.15) is 38.4 Å². The lowest BCUT2D eigenvalue weighted by molar-refractivity contribution is -0.128. The minimum atomic E-state index is -0.570. The van der Waals surface area contributed by atoms with Crippen LogP contribution in [-0.2, 0) is 4.79 Å². The molecule has 0 saturated carbocycles. The molecule has 240 valence electrons. The van der Waals surface area contributed by atoms with Crippen molar-refractivity contribution in [2.24, 2.45) is 0 Å². The number of piperidine rings is 1. The number of rotatable bonds is 8. The number of likely N-dealkylation sites (tertiary alicyclic amines) is 1. The third-order valence-electron chi connectivity index (χ3n) is 8.62. The molecule has 13 heteroatoms. The quantitative estimate of drug-likeness (QED) is 0.268. The first kappa shape index (κ1) is 31.1. The summed E-state index contributed by atoms with van der Waals surface area (Å²) >= 11 is 0. The molecule has 1 N–H and O–H groups in total. The molecule has 12 nitrogen and oxygen atoms in total. The molecule has 4 aromatic rings. The number of nitrogens with zero attached hydrogens (tertiary/aromatic N) is 9. The average Bonchev–Trinajstić information content (AvgIpc) is 3.51. The van der Waals surface area contributed by atoms with Crippen LogP contribution in [0.3, 0.4) is 0 Å². The molecule has 46 heavy (non-hydrogen) atoms. The van der Waals surface area contributed by atoms with E-state index in [0.29, 0.717) is 47.7 Å². The minimum absolute atomic E-state index is 0.00951. The van der Waals surface area contributed by atoms with E-state index in [-0.39, 0.29) is 29.8 Å². The zero-order valence-electron chi connectivity index (χ0n) is 26.6. The smallest absolute Gasteiger partial charge is 0.322 e. The Balaban J connectivity index is 1.31. The number of hydrogen-bond donors (Lipinski definition) is 1. The van der Waals surface area contributed by atoms with E-state index in [1.165, 1.54) is 12.1 Å². The number of carbonyl (C=O) groups is 1. The highest BCUT2D eigenvalue weighted by Gasteiger charge is 2.33. The first-order valence-electron chi connectivity index (χ1n) is 15.5. The highest BCUT2D eigenvalue weighted by Crippen LogP contribution is 2.36. The van der Waals surface area contributed by atoms with Gasteiger partial charge in [0.15, 0.2) is 11.6 Å². The van der Waals surface area contributed by atoms with E-state index in [4.69, 9.17) is 9.72 Å². The number of aryl methyl sites for hydroxylation is 1. The fraction of sp³-hybridized carbons (Fsp3) is 0.394. The van der Waals surface area contributed by atoms with Crippen molar-refractivity contribution in [2.45, 2.75) is 51.7 Å². The van der Waals surface area contributed by atoms with E-state index in [0.717, 1.165) is 31.6 Å². The van der Waals surface area contributed by atoms with Crippen molar-refractivity contribution in [3.63, 3.8) is 0 Å². The maximum absolute atomic E-state index is 15.4. The van der Waals surface area contributed by atoms with Crippen LogP contribution in [0.25, 0.3) is 11.1 Å². The SMILES string of the molecule is C=CC(=O)N1C[C@H](C)N(c2nc(Nc3cnn(C4CCN(C)CC4)c3)ncc2-c2ccc(Oc3nccc(C)n3)c(F)c2)C[C@H]1C. The molecular weight excluding hydrogens is 587 g/mol. The standard InChI is InChI=1S/C33H39FN10O2/c1-6-30(45)42-18-23(4)43(19-22(42)3)31-27(24-7-8-29(28(34)15-24)46-33-35-12-9-21(2)38-33)17-36-32(40-31)39-25-16-37-44(20-25)26-10-13-41(5)14-11-26/h6-9,12,15-17,20,22-23,26H,1,10-11,13-14,18-19H2,2-5H3,(H,36,39,40)/t22-,23+/m1/s1. The Kier molecular flexibility index (Phi) is 8.93. The van der Waals surface area contributed by atoms with Gasteiger partial charge in [0.2, 0.25) is 11.9 Å². The second-order valence-corrected chi connectivity index (χ2v) is 12.1. The van der Waals surface area contributed by atoms with E-state index in [9.17, 15) is 4.79 Å². The van der Waals surface area contributed by atoms with Gasteiger partial charge in [0.05, 0.1) is 17.9 Å². The highest BCUT2D eigenvalue weighted by molar-refractivity contribution is 5.87. The van der Waals surface area contributed by atoms with Crippen LogP contribution in [0.5, 0.6) is 11.8 Å². The second kappa shape index (κ2) is 13.2. The predicted molar refractivity (Wildman–Crippen MR) is 174 cm³/mol. The minimum Gasteiger partial charge on any atom is -0.421 e. The number of hydrogen-bond acceptors (Lipinski definition) is 10. The molecule has 2 aliphatic rings. The molecule has 0 aliphatic carbocycles. The van der Waals surface area contributed by atoms with Gasteiger partial charge in [-0.1, -0.05) is 12.6 Å². The number of aromatic nitrogens is 6. The summed E-state index contributed by atoms with van der Waals surface area (Å²) in [6.07, 6.45) is 10.5. The Hall–Kier alpha value is -4.91. The van der Waals surface area contributed by atoms with Gasteiger partial charge >= 0.3 is 6.01 Å². The maximum Gasteiger partial charge on any atom is 0.322 e. The summed E-state index contributed by atoms with van der Waals surface area (Å²) in [6, 6.07) is 6.69. The maximum atomic E-state index is 15.4. The Morgan fingerprint density at radius 3 is 2.63 bits per heavy atom. The van der Waals surface area contributed by atoms with Gasteiger partial charge in [0, 0.05) is 55.0 Å². The van der Waals surface area contributed by atoms with Crippen LogP contribution in [0, 0.1) is 12.7 Å². The third kappa shape index (κ3) is 6.69. The third-order valence-corrected chi connectivity index (χ3v) is 8.62. The van der Waals surface area contributed by atoms with Crippen LogP contribution < -0.4 is 15.0 Å². The summed E-state index contributed by atoms with van der Waals surface area (Å²) < 4.78 is 23.1. The van der Waals surface area contributed by atoms with Crippen LogP contribution in [0.2, 0.25) is 0 Å². The van der Waals surface area contributed by atoms with E-state index in [2.05, 4.69) is 48.8 Å². The van der Waals surface area contributed by atoms with Crippen LogP contribution in [0.4, 0.5) is 21.8 Å². The summed E-state index contributed by atoms with van der Waals surface area (Å²) in [5, 5.41) is 7.92. The number of anilines is 3. The zero-order valence-corrected chi connectivity index (χ0v) is 26.6. The molecule has 1 amide bonds. The number of amides is 1. The Bertz CT molecular complexity index is 1720. The molecule has 0 radical (unpaired) electrons. The number of halogens is 1. The lowest BCUT2D eigenvalue weighted by Gasteiger charge is -2.44. The van der Waals surface area contributed by atoms with E-state index < -0.39 is 5.82 Å². The molecule has 1 aromatic carbocycles. The Morgan fingerprint density at radius 1 is 1.09 bits per heavy atom. The van der Waals surface area contributed by atoms with Gasteiger partial charge in [-0.2, -0.15) is 10.1 Å². The molecule has 0 spiro atoms. The summed E-state index contributed by atoms with van der Waals surface area (Å²) in [7, 11) is 2.14. The fourth-order valence-corrected chi connectivity index (χ4v) is 6.02. The first-order chi connectivity index (χ1) is 22.2. The largest absolute Gasteiger partial charge is 0.421 e. The van der Waals surface area contributed by atoms with E-state index >= 15 is 4.39 Å². The Labute approximate surface area is 267 Å². The van der Waals surface area contributed by atoms with Crippen LogP contribution in [0.15, 0.2) is 61.7 Å². The van der Waals surface area contributed by atoms with Crippen molar-refractivity contribution < 1.29 is 13.9 Å². The van der Waals surface area contributed by atoms with Crippen molar-refractivity contribution in [2.75, 3.05) is 43.4 Å². The topological polar surface area (TPSA) is 117 Å². The molecule has 5 heterocycles. The summed E-state index contributed by atoms with van der Waals surface area (Å²) in [5.74, 6) is 0.347. The molecule has 6 rings (SSSR count). The van der Waals surface area contributed by atoms with Crippen molar-refractivity contribution in [1.82, 2.24) is 39.5 Å². The van der Waals surface area contributed by atoms with Gasteiger partial charge in [-0.25, -0.2) is 19.3 Å². The number of ether oxygens (including phenoxy) is 1. The van der Waals surface area contributed by atoms with E-state index in [1.54, 1.807) is 36.8 Å². The number of piperazine rings is 1. The predicted octanol–water partition coefficient (Wildman–Crippen LogP) is 4.99. The van der Waals surface area contributed by atoms with Crippen molar-refractivity contribution in [3.05, 3.63) is 73.2 Å². The van der Waals surface area contributed by atoms with Crippen molar-refractivity contribution in [3.8, 4) is 22.9 Å². The van der Waals surface area contributed by atoms with Crippen LogP contribution >= 0.6 is 0 Å². The molecule has 2 atom stereocenters. The molecule has 3 aromatic heterocycles. The number of benzene rings is 1. The number of carbonyl (C=O) groups excluding carboxylic acids is 1. The van der Waals surface area contributed by atoms with Crippen molar-refractivity contribution in [1.29, 1.82) is 0 Å². The summed E-state index contributed by atoms with van der Waals surface area (Å²) in [5.41, 5.74) is 2.72. The van der Waals surface area contributed by atoms with Gasteiger partial charge in [-0.3, -0.25) is 9.48 Å². The lowest BCUT2D eigenvalue weighted by atomic mass is 10.0. The first-order valence-corrected chi connectivity index (χ1v) is 15.5. The molecule has 2 aliphatic heterocycles. The van der Waals surface area contributed by atoms with Gasteiger partial charge < -0.3 is 24.8 Å². The van der Waals surface area contributed by atoms with E-state index in [1.807, 2.05) is 36.5 Å². The molecular formula is C33H39FN10O2. The summed E-state index contributed by atoms with van der Waals surface area (Å²) in [4.78, 5) is 36.7. The van der Waals surface area contributed by atoms with Gasteiger partial charge in [0.1, 0.15) is 5.82 Å². The zero-order chi connectivity index (χ0) is 32.4. The molecule has 0 bridgehead atoms. The highest BCUT2D eigenvalue weighted by atomic mass is 19.1. The fourth-order valence-electron chi connectivity index (χ4n) is 6.02.